The molecule has 1 nitrogen and oxygen atoms in total. The fourth-order valence-corrected chi connectivity index (χ4v) is 3.08. The van der Waals surface area contributed by atoms with Crippen LogP contribution < -0.4 is 5.32 Å². The Balaban J connectivity index is 1.65. The summed E-state index contributed by atoms with van der Waals surface area (Å²) in [6.07, 6.45) is 8.95. The average Bonchev–Trinajstić information content (AvgIpc) is 2.65. The number of nitrogens with one attached hydrogen (secondary N) is 1. The Kier molecular flexibility index (Phi) is 9.95. The van der Waals surface area contributed by atoms with Crippen molar-refractivity contribution in [3.8, 4) is 11.8 Å². The molecule has 138 valence electrons. The largest absolute Gasteiger partial charge is 0.309 e. The molecule has 2 aromatic rings. The standard InChI is InChI=1S/C24H30ClN/c1-2-3-4-5-6-7-8-9-11-21-14-16-22(17-15-21)19-26-20-23-12-10-13-24(25)18-23/h10,12-18,26H,2-8,19-20H2,1H3. The van der Waals surface area contributed by atoms with Crippen molar-refractivity contribution in [1.82, 2.24) is 5.32 Å². The van der Waals surface area contributed by atoms with E-state index in [-0.39, 0.29) is 0 Å². The van der Waals surface area contributed by atoms with Gasteiger partial charge < -0.3 is 5.32 Å². The Morgan fingerprint density at radius 1 is 0.846 bits per heavy atom. The van der Waals surface area contributed by atoms with Crippen molar-refractivity contribution in [2.45, 2.75) is 65.0 Å². The summed E-state index contributed by atoms with van der Waals surface area (Å²) in [5.41, 5.74) is 3.58. The number of unbranched alkanes of at least 4 members (excludes halogenated alkanes) is 6. The van der Waals surface area contributed by atoms with E-state index in [9.17, 15) is 0 Å². The van der Waals surface area contributed by atoms with E-state index in [1.54, 1.807) is 0 Å². The molecule has 0 atom stereocenters. The Hall–Kier alpha value is -1.75. The van der Waals surface area contributed by atoms with Crippen molar-refractivity contribution in [1.29, 1.82) is 0 Å². The van der Waals surface area contributed by atoms with Gasteiger partial charge in [0.15, 0.2) is 0 Å². The van der Waals surface area contributed by atoms with Crippen LogP contribution in [-0.4, -0.2) is 0 Å². The van der Waals surface area contributed by atoms with Crippen LogP contribution in [0.5, 0.6) is 0 Å². The second-order valence-corrected chi connectivity index (χ2v) is 7.19. The molecule has 2 rings (SSSR count). The zero-order valence-electron chi connectivity index (χ0n) is 15.9. The third-order valence-corrected chi connectivity index (χ3v) is 4.62. The molecule has 0 aliphatic heterocycles. The SMILES string of the molecule is CCCCCCCCC#Cc1ccc(CNCc2cccc(Cl)c2)cc1. The fourth-order valence-electron chi connectivity index (χ4n) is 2.86. The summed E-state index contributed by atoms with van der Waals surface area (Å²) in [7, 11) is 0. The second kappa shape index (κ2) is 12.6. The highest BCUT2D eigenvalue weighted by molar-refractivity contribution is 6.30. The van der Waals surface area contributed by atoms with Gasteiger partial charge in [-0.15, -0.1) is 0 Å². The van der Waals surface area contributed by atoms with Crippen molar-refractivity contribution in [3.63, 3.8) is 0 Å². The van der Waals surface area contributed by atoms with Crippen molar-refractivity contribution in [2.75, 3.05) is 0 Å². The van der Waals surface area contributed by atoms with E-state index < -0.39 is 0 Å². The van der Waals surface area contributed by atoms with Crippen LogP contribution in [0.3, 0.4) is 0 Å². The van der Waals surface area contributed by atoms with Crippen LogP contribution in [0.2, 0.25) is 5.02 Å². The molecule has 26 heavy (non-hydrogen) atoms. The monoisotopic (exact) mass is 367 g/mol. The minimum atomic E-state index is 0.785. The van der Waals surface area contributed by atoms with Gasteiger partial charge in [-0.05, 0) is 41.8 Å². The summed E-state index contributed by atoms with van der Waals surface area (Å²) in [6.45, 7) is 3.92. The Morgan fingerprint density at radius 2 is 1.58 bits per heavy atom. The molecule has 2 heteroatoms. The highest BCUT2D eigenvalue weighted by atomic mass is 35.5. The predicted octanol–water partition coefficient (Wildman–Crippen LogP) is 6.73. The first-order valence-electron chi connectivity index (χ1n) is 9.81. The van der Waals surface area contributed by atoms with Gasteiger partial charge in [0.25, 0.3) is 0 Å². The molecule has 0 saturated heterocycles. The molecule has 2 aromatic carbocycles. The van der Waals surface area contributed by atoms with Gasteiger partial charge in [0, 0.05) is 30.1 Å². The molecule has 0 aliphatic rings. The van der Waals surface area contributed by atoms with Crippen LogP contribution in [-0.2, 0) is 13.1 Å². The number of rotatable bonds is 10. The molecule has 0 heterocycles. The van der Waals surface area contributed by atoms with Crippen molar-refractivity contribution >= 4 is 11.6 Å². The maximum atomic E-state index is 6.01. The molecule has 0 fully saturated rings. The van der Waals surface area contributed by atoms with Crippen molar-refractivity contribution in [2.24, 2.45) is 0 Å². The van der Waals surface area contributed by atoms with E-state index in [4.69, 9.17) is 11.6 Å². The number of halogens is 1. The van der Waals surface area contributed by atoms with E-state index in [0.29, 0.717) is 0 Å². The summed E-state index contributed by atoms with van der Waals surface area (Å²) < 4.78 is 0. The minimum Gasteiger partial charge on any atom is -0.309 e. The smallest absolute Gasteiger partial charge is 0.0409 e. The molecule has 0 aromatic heterocycles. The van der Waals surface area contributed by atoms with Crippen molar-refractivity contribution in [3.05, 3.63) is 70.2 Å². The van der Waals surface area contributed by atoms with Crippen LogP contribution in [0.25, 0.3) is 0 Å². The molecule has 1 N–H and O–H groups in total. The summed E-state index contributed by atoms with van der Waals surface area (Å²) in [5.74, 6) is 6.58. The third-order valence-electron chi connectivity index (χ3n) is 4.39. The Bertz CT molecular complexity index is 694. The molecule has 0 radical (unpaired) electrons. The van der Waals surface area contributed by atoms with E-state index in [0.717, 1.165) is 30.1 Å². The molecule has 0 spiro atoms. The molecule has 0 unspecified atom stereocenters. The lowest BCUT2D eigenvalue weighted by atomic mass is 10.1. The van der Waals surface area contributed by atoms with Crippen LogP contribution in [0, 0.1) is 11.8 Å². The van der Waals surface area contributed by atoms with Gasteiger partial charge in [-0.3, -0.25) is 0 Å². The van der Waals surface area contributed by atoms with E-state index >= 15 is 0 Å². The quantitative estimate of drug-likeness (QED) is 0.362. The topological polar surface area (TPSA) is 12.0 Å². The minimum absolute atomic E-state index is 0.785. The first kappa shape index (κ1) is 20.6. The summed E-state index contributed by atoms with van der Waals surface area (Å²) >= 11 is 6.01. The molecular weight excluding hydrogens is 338 g/mol. The fraction of sp³-hybridized carbons (Fsp3) is 0.417. The second-order valence-electron chi connectivity index (χ2n) is 6.75. The maximum absolute atomic E-state index is 6.01. The Morgan fingerprint density at radius 3 is 2.35 bits per heavy atom. The highest BCUT2D eigenvalue weighted by Crippen LogP contribution is 2.11. The van der Waals surface area contributed by atoms with Crippen LogP contribution in [0.1, 0.15) is 68.6 Å². The third kappa shape index (κ3) is 8.56. The molecular formula is C24H30ClN. The number of benzene rings is 2. The number of hydrogen-bond donors (Lipinski definition) is 1. The van der Waals surface area contributed by atoms with E-state index in [2.05, 4.69) is 54.4 Å². The van der Waals surface area contributed by atoms with Crippen LogP contribution in [0.4, 0.5) is 0 Å². The van der Waals surface area contributed by atoms with E-state index in [1.807, 2.05) is 18.2 Å². The lowest BCUT2D eigenvalue weighted by molar-refractivity contribution is 0.614. The summed E-state index contributed by atoms with van der Waals surface area (Å²) in [5, 5.41) is 4.24. The van der Waals surface area contributed by atoms with E-state index in [1.165, 1.54) is 49.7 Å². The lowest BCUT2D eigenvalue weighted by Crippen LogP contribution is -2.12. The van der Waals surface area contributed by atoms with Gasteiger partial charge in [0.05, 0.1) is 0 Å². The lowest BCUT2D eigenvalue weighted by Gasteiger charge is -2.05. The summed E-state index contributed by atoms with van der Waals surface area (Å²) in [6, 6.07) is 16.5. The average molecular weight is 368 g/mol. The maximum Gasteiger partial charge on any atom is 0.0409 e. The van der Waals surface area contributed by atoms with Gasteiger partial charge >= 0.3 is 0 Å². The normalized spacial score (nSPS) is 10.4. The van der Waals surface area contributed by atoms with Gasteiger partial charge in [0.1, 0.15) is 0 Å². The van der Waals surface area contributed by atoms with Crippen molar-refractivity contribution < 1.29 is 0 Å². The van der Waals surface area contributed by atoms with Gasteiger partial charge in [0.2, 0.25) is 0 Å². The summed E-state index contributed by atoms with van der Waals surface area (Å²) in [4.78, 5) is 0. The molecule has 0 saturated carbocycles. The first-order chi connectivity index (χ1) is 12.8. The van der Waals surface area contributed by atoms with Crippen LogP contribution in [0.15, 0.2) is 48.5 Å². The molecule has 0 amide bonds. The van der Waals surface area contributed by atoms with Gasteiger partial charge in [-0.25, -0.2) is 0 Å². The predicted molar refractivity (Wildman–Crippen MR) is 113 cm³/mol. The van der Waals surface area contributed by atoms with Gasteiger partial charge in [-0.1, -0.05) is 86.7 Å². The first-order valence-corrected chi connectivity index (χ1v) is 10.2. The zero-order chi connectivity index (χ0) is 18.5. The highest BCUT2D eigenvalue weighted by Gasteiger charge is 1.96. The molecule has 0 aliphatic carbocycles. The zero-order valence-corrected chi connectivity index (χ0v) is 16.6. The van der Waals surface area contributed by atoms with Crippen LogP contribution >= 0.6 is 11.6 Å². The molecule has 0 bridgehead atoms. The number of hydrogen-bond acceptors (Lipinski definition) is 1. The van der Waals surface area contributed by atoms with Gasteiger partial charge in [-0.2, -0.15) is 0 Å². The Labute approximate surface area is 164 Å².